The second-order valence-electron chi connectivity index (χ2n) is 8.64. The first-order chi connectivity index (χ1) is 13.9. The van der Waals surface area contributed by atoms with Gasteiger partial charge >= 0.3 is 5.97 Å². The van der Waals surface area contributed by atoms with Gasteiger partial charge in [-0.05, 0) is 44.6 Å². The highest BCUT2D eigenvalue weighted by molar-refractivity contribution is 5.94. The third-order valence-electron chi connectivity index (χ3n) is 5.01. The molecule has 10 nitrogen and oxygen atoms in total. The zero-order valence-corrected chi connectivity index (χ0v) is 18.4. The number of carboxylic acid groups (broad SMARTS) is 1. The van der Waals surface area contributed by atoms with Crippen molar-refractivity contribution < 1.29 is 29.4 Å². The zero-order valence-electron chi connectivity index (χ0n) is 18.4. The van der Waals surface area contributed by atoms with E-state index in [0.29, 0.717) is 13.0 Å². The van der Waals surface area contributed by atoms with E-state index < -0.39 is 48.1 Å². The van der Waals surface area contributed by atoms with Crippen molar-refractivity contribution in [3.63, 3.8) is 0 Å². The number of aliphatic hydroxyl groups is 1. The van der Waals surface area contributed by atoms with Gasteiger partial charge in [0.15, 0.2) is 0 Å². The van der Waals surface area contributed by atoms with Gasteiger partial charge in [-0.25, -0.2) is 4.79 Å². The third-order valence-corrected chi connectivity index (χ3v) is 5.01. The Morgan fingerprint density at radius 3 is 2.03 bits per heavy atom. The van der Waals surface area contributed by atoms with Crippen LogP contribution in [0.25, 0.3) is 0 Å². The smallest absolute Gasteiger partial charge is 0.326 e. The predicted octanol–water partition coefficient (Wildman–Crippen LogP) is -0.640. The monoisotopic (exact) mass is 428 g/mol. The Morgan fingerprint density at radius 2 is 1.60 bits per heavy atom. The first-order valence-corrected chi connectivity index (χ1v) is 10.5. The predicted molar refractivity (Wildman–Crippen MR) is 110 cm³/mol. The molecule has 0 aromatic rings. The number of hydrogen-bond acceptors (Lipinski definition) is 6. The Balaban J connectivity index is 2.88. The van der Waals surface area contributed by atoms with Crippen LogP contribution in [0.4, 0.5) is 0 Å². The average Bonchev–Trinajstić information content (AvgIpc) is 3.16. The maximum Gasteiger partial charge on any atom is 0.326 e. The fraction of sp³-hybridized carbons (Fsp3) is 0.800. The average molecular weight is 429 g/mol. The van der Waals surface area contributed by atoms with Gasteiger partial charge in [-0.15, -0.1) is 0 Å². The Kier molecular flexibility index (Phi) is 10.2. The number of amides is 3. The fourth-order valence-corrected chi connectivity index (χ4v) is 3.30. The summed E-state index contributed by atoms with van der Waals surface area (Å²) in [4.78, 5) is 49.2. The molecule has 6 N–H and O–H groups in total. The molecule has 0 radical (unpaired) electrons. The molecule has 1 aliphatic rings. The summed E-state index contributed by atoms with van der Waals surface area (Å²) in [5.74, 6) is -3.17. The van der Waals surface area contributed by atoms with E-state index >= 15 is 0 Å². The molecule has 1 heterocycles. The van der Waals surface area contributed by atoms with E-state index in [0.717, 1.165) is 6.42 Å². The van der Waals surface area contributed by atoms with Gasteiger partial charge in [-0.3, -0.25) is 14.4 Å². The summed E-state index contributed by atoms with van der Waals surface area (Å²) in [6.45, 7) is 9.16. The van der Waals surface area contributed by atoms with Crippen molar-refractivity contribution in [1.82, 2.24) is 21.3 Å². The molecule has 0 saturated carbocycles. The van der Waals surface area contributed by atoms with Gasteiger partial charge in [0, 0.05) is 0 Å². The van der Waals surface area contributed by atoms with Crippen LogP contribution in [0.15, 0.2) is 0 Å². The van der Waals surface area contributed by atoms with Crippen molar-refractivity contribution in [1.29, 1.82) is 0 Å². The van der Waals surface area contributed by atoms with Gasteiger partial charge in [0.25, 0.3) is 0 Å². The van der Waals surface area contributed by atoms with Crippen LogP contribution in [0, 0.1) is 11.8 Å². The molecular formula is C20H36N4O6. The van der Waals surface area contributed by atoms with Crippen molar-refractivity contribution in [2.45, 2.75) is 84.2 Å². The summed E-state index contributed by atoms with van der Waals surface area (Å²) in [6.07, 6.45) is 0.582. The number of aliphatic hydroxyl groups excluding tert-OH is 1. The lowest BCUT2D eigenvalue weighted by Crippen LogP contribution is -2.60. The zero-order chi connectivity index (χ0) is 23.0. The molecule has 5 unspecified atom stereocenters. The van der Waals surface area contributed by atoms with Crippen LogP contribution in [0.3, 0.4) is 0 Å². The summed E-state index contributed by atoms with van der Waals surface area (Å²) < 4.78 is 0. The number of nitrogens with one attached hydrogen (secondary N) is 4. The molecule has 0 aliphatic carbocycles. The molecule has 5 atom stereocenters. The summed E-state index contributed by atoms with van der Waals surface area (Å²) in [7, 11) is 0. The maximum atomic E-state index is 12.8. The number of carbonyl (C=O) groups is 4. The second kappa shape index (κ2) is 11.8. The van der Waals surface area contributed by atoms with Crippen LogP contribution >= 0.6 is 0 Å². The standard InChI is InChI=1S/C20H36N4O6/c1-10(2)9-14(18(27)23-15(11(3)4)20(29)30)22-19(28)16(12(5)25)24-17(26)13-7-6-8-21-13/h10-16,21,25H,6-9H2,1-5H3,(H,22,28)(H,23,27)(H,24,26)(H,29,30). The minimum atomic E-state index is -1.23. The maximum absolute atomic E-state index is 12.8. The number of carbonyl (C=O) groups excluding carboxylic acids is 3. The number of rotatable bonds is 11. The molecular weight excluding hydrogens is 392 g/mol. The van der Waals surface area contributed by atoms with Crippen LogP contribution in [0.1, 0.15) is 53.9 Å². The molecule has 0 spiro atoms. The Morgan fingerprint density at radius 1 is 0.967 bits per heavy atom. The summed E-state index contributed by atoms with van der Waals surface area (Å²) >= 11 is 0. The molecule has 10 heteroatoms. The van der Waals surface area contributed by atoms with E-state index in [1.54, 1.807) is 13.8 Å². The van der Waals surface area contributed by atoms with Crippen LogP contribution in [-0.4, -0.2) is 70.7 Å². The number of carboxylic acids is 1. The quantitative estimate of drug-likeness (QED) is 0.255. The van der Waals surface area contributed by atoms with E-state index in [1.807, 2.05) is 13.8 Å². The Hall–Kier alpha value is -2.20. The lowest BCUT2D eigenvalue weighted by atomic mass is 10.00. The summed E-state index contributed by atoms with van der Waals surface area (Å²) in [5.41, 5.74) is 0. The summed E-state index contributed by atoms with van der Waals surface area (Å²) in [6, 6.07) is -3.75. The van der Waals surface area contributed by atoms with Gasteiger partial charge < -0.3 is 31.5 Å². The molecule has 1 aliphatic heterocycles. The topological polar surface area (TPSA) is 157 Å². The second-order valence-corrected chi connectivity index (χ2v) is 8.64. The highest BCUT2D eigenvalue weighted by Crippen LogP contribution is 2.10. The Labute approximate surface area is 177 Å². The van der Waals surface area contributed by atoms with Crippen LogP contribution in [0.5, 0.6) is 0 Å². The van der Waals surface area contributed by atoms with Gasteiger partial charge in [0.05, 0.1) is 12.1 Å². The van der Waals surface area contributed by atoms with Gasteiger partial charge in [0.1, 0.15) is 18.1 Å². The van der Waals surface area contributed by atoms with E-state index in [-0.39, 0.29) is 24.2 Å². The molecule has 1 saturated heterocycles. The molecule has 30 heavy (non-hydrogen) atoms. The normalized spacial score (nSPS) is 20.3. The van der Waals surface area contributed by atoms with Crippen molar-refractivity contribution in [2.75, 3.05) is 6.54 Å². The van der Waals surface area contributed by atoms with Crippen molar-refractivity contribution in [3.05, 3.63) is 0 Å². The lowest BCUT2D eigenvalue weighted by molar-refractivity contribution is -0.143. The molecule has 0 aromatic carbocycles. The van der Waals surface area contributed by atoms with Crippen molar-refractivity contribution >= 4 is 23.7 Å². The van der Waals surface area contributed by atoms with Crippen molar-refractivity contribution in [3.8, 4) is 0 Å². The molecule has 3 amide bonds. The van der Waals surface area contributed by atoms with E-state index in [4.69, 9.17) is 0 Å². The fourth-order valence-electron chi connectivity index (χ4n) is 3.30. The van der Waals surface area contributed by atoms with E-state index in [1.165, 1.54) is 6.92 Å². The first kappa shape index (κ1) is 25.8. The molecule has 0 bridgehead atoms. The minimum absolute atomic E-state index is 0.0330. The van der Waals surface area contributed by atoms with Crippen LogP contribution in [-0.2, 0) is 19.2 Å². The number of aliphatic carboxylic acids is 1. The van der Waals surface area contributed by atoms with E-state index in [9.17, 15) is 29.4 Å². The molecule has 0 aromatic heterocycles. The van der Waals surface area contributed by atoms with Crippen LogP contribution < -0.4 is 21.3 Å². The first-order valence-electron chi connectivity index (χ1n) is 10.5. The Bertz CT molecular complexity index is 616. The molecule has 1 rings (SSSR count). The number of hydrogen-bond donors (Lipinski definition) is 6. The highest BCUT2D eigenvalue weighted by Gasteiger charge is 2.34. The third kappa shape index (κ3) is 7.91. The lowest BCUT2D eigenvalue weighted by Gasteiger charge is -2.27. The minimum Gasteiger partial charge on any atom is -0.480 e. The molecule has 1 fully saturated rings. The van der Waals surface area contributed by atoms with Gasteiger partial charge in [-0.1, -0.05) is 27.7 Å². The SMILES string of the molecule is CC(C)CC(NC(=O)C(NC(=O)C1CCCN1)C(C)O)C(=O)NC(C(=O)O)C(C)C. The van der Waals surface area contributed by atoms with Gasteiger partial charge in [0.2, 0.25) is 17.7 Å². The van der Waals surface area contributed by atoms with Crippen molar-refractivity contribution in [2.24, 2.45) is 11.8 Å². The van der Waals surface area contributed by atoms with Gasteiger partial charge in [-0.2, -0.15) is 0 Å². The molecule has 172 valence electrons. The largest absolute Gasteiger partial charge is 0.480 e. The van der Waals surface area contributed by atoms with E-state index in [2.05, 4.69) is 21.3 Å². The van der Waals surface area contributed by atoms with Crippen LogP contribution in [0.2, 0.25) is 0 Å². The summed E-state index contributed by atoms with van der Waals surface area (Å²) in [5, 5.41) is 29.9. The highest BCUT2D eigenvalue weighted by atomic mass is 16.4.